The van der Waals surface area contributed by atoms with E-state index in [1.54, 1.807) is 0 Å². The highest BCUT2D eigenvalue weighted by atomic mass is 16.3. The zero-order valence-electron chi connectivity index (χ0n) is 14.7. The molecule has 1 aliphatic carbocycles. The Labute approximate surface area is 148 Å². The maximum absolute atomic E-state index is 12.3. The summed E-state index contributed by atoms with van der Waals surface area (Å²) in [6.45, 7) is 4.09. The average molecular weight is 338 g/mol. The van der Waals surface area contributed by atoms with Crippen molar-refractivity contribution in [3.05, 3.63) is 36.1 Å². The molecule has 1 spiro atoms. The van der Waals surface area contributed by atoms with Gasteiger partial charge in [-0.1, -0.05) is 18.2 Å². The molecule has 25 heavy (non-hydrogen) atoms. The summed E-state index contributed by atoms with van der Waals surface area (Å²) in [4.78, 5) is 17.0. The van der Waals surface area contributed by atoms with Crippen LogP contribution in [0.4, 0.5) is 0 Å². The molecule has 1 aromatic carbocycles. The number of fused-ring (bicyclic) bond motifs is 1. The summed E-state index contributed by atoms with van der Waals surface area (Å²) < 4.78 is 6.03. The summed E-state index contributed by atoms with van der Waals surface area (Å²) in [5.41, 5.74) is 1.29. The van der Waals surface area contributed by atoms with E-state index in [1.807, 2.05) is 12.1 Å². The Balaban J connectivity index is 1.31. The Bertz CT molecular complexity index is 761. The molecule has 5 rings (SSSR count). The fraction of sp³-hybridized carbons (Fsp3) is 0.571. The minimum Gasteiger partial charge on any atom is -0.460 e. The summed E-state index contributed by atoms with van der Waals surface area (Å²) in [5, 5.41) is 1.19. The maximum atomic E-state index is 12.3. The number of amides is 1. The zero-order chi connectivity index (χ0) is 16.9. The third kappa shape index (κ3) is 2.97. The molecule has 1 unspecified atom stereocenters. The molecule has 3 aliphatic rings. The second-order valence-electron chi connectivity index (χ2n) is 8.32. The van der Waals surface area contributed by atoms with Gasteiger partial charge in [0.25, 0.3) is 0 Å². The van der Waals surface area contributed by atoms with Crippen LogP contribution in [0.2, 0.25) is 0 Å². The van der Waals surface area contributed by atoms with Crippen LogP contribution in [0.15, 0.2) is 34.7 Å². The van der Waals surface area contributed by atoms with Crippen molar-refractivity contribution in [2.24, 2.45) is 5.41 Å². The number of furan rings is 1. The summed E-state index contributed by atoms with van der Waals surface area (Å²) in [7, 11) is 0. The predicted octanol–water partition coefficient (Wildman–Crippen LogP) is 3.80. The van der Waals surface area contributed by atoms with Gasteiger partial charge in [0.2, 0.25) is 5.91 Å². The number of nitrogens with zero attached hydrogens (tertiary/aromatic N) is 2. The van der Waals surface area contributed by atoms with Crippen molar-refractivity contribution in [1.29, 1.82) is 0 Å². The van der Waals surface area contributed by atoms with Crippen LogP contribution in [-0.2, 0) is 11.3 Å². The molecule has 4 heteroatoms. The van der Waals surface area contributed by atoms with Crippen molar-refractivity contribution in [3.63, 3.8) is 0 Å². The molecule has 1 saturated carbocycles. The fourth-order valence-corrected chi connectivity index (χ4v) is 4.88. The van der Waals surface area contributed by atoms with E-state index in [0.717, 1.165) is 50.4 Å². The van der Waals surface area contributed by atoms with Crippen LogP contribution >= 0.6 is 0 Å². The van der Waals surface area contributed by atoms with Crippen molar-refractivity contribution in [2.45, 2.75) is 51.1 Å². The lowest BCUT2D eigenvalue weighted by molar-refractivity contribution is -0.140. The predicted molar refractivity (Wildman–Crippen MR) is 97.1 cm³/mol. The average Bonchev–Trinajstić information content (AvgIpc) is 3.37. The number of hydrogen-bond donors (Lipinski definition) is 0. The van der Waals surface area contributed by atoms with Gasteiger partial charge in [0.15, 0.2) is 0 Å². The molecule has 0 N–H and O–H groups in total. The van der Waals surface area contributed by atoms with E-state index in [9.17, 15) is 4.79 Å². The van der Waals surface area contributed by atoms with Crippen LogP contribution in [0.25, 0.3) is 11.0 Å². The minimum absolute atomic E-state index is 0.306. The second-order valence-corrected chi connectivity index (χ2v) is 8.32. The first-order valence-electron chi connectivity index (χ1n) is 9.70. The number of carbonyl (C=O) groups excluding carboxylic acids is 1. The summed E-state index contributed by atoms with van der Waals surface area (Å²) in [6, 6.07) is 11.0. The van der Waals surface area contributed by atoms with Gasteiger partial charge >= 0.3 is 0 Å². The molecular formula is C21H26N2O2. The van der Waals surface area contributed by atoms with Gasteiger partial charge in [-0.25, -0.2) is 0 Å². The van der Waals surface area contributed by atoms with E-state index >= 15 is 0 Å². The van der Waals surface area contributed by atoms with E-state index in [1.165, 1.54) is 31.1 Å². The Kier molecular flexibility index (Phi) is 3.63. The van der Waals surface area contributed by atoms with Crippen LogP contribution in [0.5, 0.6) is 0 Å². The smallest absolute Gasteiger partial charge is 0.222 e. The number of carbonyl (C=O) groups is 1. The van der Waals surface area contributed by atoms with Gasteiger partial charge in [0.05, 0.1) is 6.54 Å². The third-order valence-corrected chi connectivity index (χ3v) is 6.28. The number of likely N-dealkylation sites (tertiary alicyclic amines) is 2. The number of hydrogen-bond acceptors (Lipinski definition) is 3. The first-order valence-corrected chi connectivity index (χ1v) is 9.70. The zero-order valence-corrected chi connectivity index (χ0v) is 14.7. The van der Waals surface area contributed by atoms with Gasteiger partial charge in [0, 0.05) is 36.4 Å². The second kappa shape index (κ2) is 5.87. The third-order valence-electron chi connectivity index (χ3n) is 6.28. The van der Waals surface area contributed by atoms with Crippen molar-refractivity contribution < 1.29 is 9.21 Å². The molecule has 2 aliphatic heterocycles. The van der Waals surface area contributed by atoms with Gasteiger partial charge in [-0.15, -0.1) is 0 Å². The van der Waals surface area contributed by atoms with E-state index in [0.29, 0.717) is 17.4 Å². The molecule has 3 heterocycles. The van der Waals surface area contributed by atoms with E-state index in [-0.39, 0.29) is 0 Å². The van der Waals surface area contributed by atoms with Gasteiger partial charge in [-0.2, -0.15) is 0 Å². The minimum atomic E-state index is 0.306. The molecule has 1 aromatic heterocycles. The molecule has 4 nitrogen and oxygen atoms in total. The Morgan fingerprint density at radius 1 is 1.16 bits per heavy atom. The van der Waals surface area contributed by atoms with E-state index in [2.05, 4.69) is 28.0 Å². The molecule has 2 saturated heterocycles. The summed E-state index contributed by atoms with van der Waals surface area (Å²) in [5.74, 6) is 1.45. The van der Waals surface area contributed by atoms with Gasteiger partial charge < -0.3 is 9.32 Å². The van der Waals surface area contributed by atoms with Crippen molar-refractivity contribution in [1.82, 2.24) is 9.80 Å². The first kappa shape index (κ1) is 15.4. The molecule has 132 valence electrons. The van der Waals surface area contributed by atoms with E-state index < -0.39 is 0 Å². The summed E-state index contributed by atoms with van der Waals surface area (Å²) >= 11 is 0. The van der Waals surface area contributed by atoms with Crippen LogP contribution < -0.4 is 0 Å². The van der Waals surface area contributed by atoms with Crippen LogP contribution in [0.1, 0.15) is 44.3 Å². The lowest BCUT2D eigenvalue weighted by Crippen LogP contribution is -2.54. The molecule has 2 aromatic rings. The molecule has 3 fully saturated rings. The van der Waals surface area contributed by atoms with Gasteiger partial charge in [0.1, 0.15) is 11.3 Å². The van der Waals surface area contributed by atoms with Crippen LogP contribution in [-0.4, -0.2) is 41.4 Å². The maximum Gasteiger partial charge on any atom is 0.222 e. The number of piperidine rings is 2. The van der Waals surface area contributed by atoms with Crippen molar-refractivity contribution >= 4 is 16.9 Å². The number of rotatable bonds is 3. The monoisotopic (exact) mass is 338 g/mol. The topological polar surface area (TPSA) is 36.7 Å². The molecule has 1 amide bonds. The molecule has 0 radical (unpaired) electrons. The first-order chi connectivity index (χ1) is 12.2. The summed E-state index contributed by atoms with van der Waals surface area (Å²) in [6.07, 6.45) is 6.72. The van der Waals surface area contributed by atoms with Crippen molar-refractivity contribution in [2.75, 3.05) is 19.6 Å². The highest BCUT2D eigenvalue weighted by molar-refractivity contribution is 5.78. The number of para-hydroxylation sites is 1. The largest absolute Gasteiger partial charge is 0.460 e. The van der Waals surface area contributed by atoms with Crippen LogP contribution in [0, 0.1) is 5.41 Å². The molecular weight excluding hydrogens is 312 g/mol. The Morgan fingerprint density at radius 2 is 2.04 bits per heavy atom. The fourth-order valence-electron chi connectivity index (χ4n) is 4.88. The Morgan fingerprint density at radius 3 is 2.88 bits per heavy atom. The lowest BCUT2D eigenvalue weighted by Gasteiger charge is -2.48. The Hall–Kier alpha value is -1.81. The molecule has 0 bridgehead atoms. The van der Waals surface area contributed by atoms with Crippen molar-refractivity contribution in [3.8, 4) is 0 Å². The molecule has 1 atom stereocenters. The quantitative estimate of drug-likeness (QED) is 0.854. The van der Waals surface area contributed by atoms with Gasteiger partial charge in [-0.3, -0.25) is 9.69 Å². The number of benzene rings is 1. The normalized spacial score (nSPS) is 28.2. The van der Waals surface area contributed by atoms with Gasteiger partial charge in [-0.05, 0) is 50.8 Å². The standard InChI is InChI=1S/C21H26N2O2/c24-20-8-10-21(15-23(20)17-6-7-17)9-3-11-22(14-21)13-18-12-16-4-1-2-5-19(16)25-18/h1-2,4-5,12,17H,3,6-11,13-15H2. The lowest BCUT2D eigenvalue weighted by atomic mass is 9.73. The van der Waals surface area contributed by atoms with E-state index in [4.69, 9.17) is 4.42 Å². The SMILES string of the molecule is O=C1CCC2(CCCN(Cc3cc4ccccc4o3)C2)CN1C1CC1. The highest BCUT2D eigenvalue weighted by Gasteiger charge is 2.45. The highest BCUT2D eigenvalue weighted by Crippen LogP contribution is 2.42. The van der Waals surface area contributed by atoms with Crippen LogP contribution in [0.3, 0.4) is 0 Å².